The molecule has 3 amide bonds. The summed E-state index contributed by atoms with van der Waals surface area (Å²) in [6.45, 7) is 2.44. The minimum absolute atomic E-state index is 0.138. The van der Waals surface area contributed by atoms with E-state index in [9.17, 15) is 18.8 Å². The van der Waals surface area contributed by atoms with E-state index in [1.54, 1.807) is 17.0 Å². The van der Waals surface area contributed by atoms with Crippen LogP contribution in [0.15, 0.2) is 53.6 Å². The minimum atomic E-state index is -0.470. The lowest BCUT2D eigenvalue weighted by Crippen LogP contribution is -2.51. The van der Waals surface area contributed by atoms with Crippen LogP contribution in [0.1, 0.15) is 18.4 Å². The average Bonchev–Trinajstić information content (AvgIpc) is 2.85. The molecule has 0 radical (unpaired) electrons. The van der Waals surface area contributed by atoms with Crippen molar-refractivity contribution in [2.45, 2.75) is 19.4 Å². The van der Waals surface area contributed by atoms with E-state index >= 15 is 0 Å². The molecule has 10 heteroatoms. The van der Waals surface area contributed by atoms with Crippen molar-refractivity contribution in [2.75, 3.05) is 37.6 Å². The van der Waals surface area contributed by atoms with Gasteiger partial charge in [-0.15, -0.1) is 0 Å². The molecule has 4 rings (SSSR count). The molecule has 0 unspecified atom stereocenters. The van der Waals surface area contributed by atoms with E-state index < -0.39 is 5.91 Å². The Morgan fingerprint density at radius 3 is 2.47 bits per heavy atom. The zero-order valence-electron chi connectivity index (χ0n) is 18.5. The molecule has 0 atom stereocenters. The molecule has 0 bridgehead atoms. The standard InChI is InChI=1S/C24H25ClFN5O3/c25-18-2-1-3-20(14-18)29-10-12-30(13-11-29)23(33)15-27-24(34)21-8-9-22(32)31(28-21)16-17-4-6-19(26)7-5-17/h1-7,14H,8-13,15-16H2,(H,27,34). The van der Waals surface area contributed by atoms with Crippen molar-refractivity contribution in [2.24, 2.45) is 5.10 Å². The van der Waals surface area contributed by atoms with E-state index in [1.807, 2.05) is 24.3 Å². The summed E-state index contributed by atoms with van der Waals surface area (Å²) in [5.74, 6) is -1.22. The number of rotatable bonds is 6. The first-order valence-corrected chi connectivity index (χ1v) is 11.5. The van der Waals surface area contributed by atoms with Crippen LogP contribution < -0.4 is 10.2 Å². The predicted molar refractivity (Wildman–Crippen MR) is 127 cm³/mol. The molecule has 2 aliphatic heterocycles. The number of nitrogens with one attached hydrogen (secondary N) is 1. The van der Waals surface area contributed by atoms with Crippen LogP contribution in [0.25, 0.3) is 0 Å². The van der Waals surface area contributed by atoms with Gasteiger partial charge in [0.25, 0.3) is 5.91 Å². The molecule has 2 aliphatic rings. The lowest BCUT2D eigenvalue weighted by molar-refractivity contribution is -0.133. The van der Waals surface area contributed by atoms with Gasteiger partial charge in [0.05, 0.1) is 13.1 Å². The summed E-state index contributed by atoms with van der Waals surface area (Å²) in [4.78, 5) is 41.3. The first kappa shape index (κ1) is 23.7. The van der Waals surface area contributed by atoms with Crippen molar-refractivity contribution < 1.29 is 18.8 Å². The van der Waals surface area contributed by atoms with E-state index in [0.717, 1.165) is 5.69 Å². The molecule has 0 aromatic heterocycles. The molecule has 2 aromatic rings. The Labute approximate surface area is 202 Å². The van der Waals surface area contributed by atoms with Gasteiger partial charge in [-0.25, -0.2) is 9.40 Å². The fourth-order valence-electron chi connectivity index (χ4n) is 3.91. The monoisotopic (exact) mass is 485 g/mol. The third-order valence-corrected chi connectivity index (χ3v) is 6.05. The van der Waals surface area contributed by atoms with Crippen molar-refractivity contribution >= 4 is 40.7 Å². The molecule has 1 saturated heterocycles. The zero-order chi connectivity index (χ0) is 24.1. The topological polar surface area (TPSA) is 85.3 Å². The lowest BCUT2D eigenvalue weighted by atomic mass is 10.1. The Hall–Kier alpha value is -3.46. The number of anilines is 1. The number of hydrogen-bond donors (Lipinski definition) is 1. The van der Waals surface area contributed by atoms with E-state index in [0.29, 0.717) is 36.8 Å². The number of carbonyl (C=O) groups excluding carboxylic acids is 3. The number of hydrogen-bond acceptors (Lipinski definition) is 5. The Morgan fingerprint density at radius 1 is 1.03 bits per heavy atom. The van der Waals surface area contributed by atoms with Crippen LogP contribution in [-0.4, -0.2) is 66.1 Å². The second-order valence-electron chi connectivity index (χ2n) is 8.15. The van der Waals surface area contributed by atoms with Gasteiger partial charge in [-0.1, -0.05) is 29.8 Å². The highest BCUT2D eigenvalue weighted by Crippen LogP contribution is 2.21. The quantitative estimate of drug-likeness (QED) is 0.681. The van der Waals surface area contributed by atoms with Gasteiger partial charge in [0.1, 0.15) is 11.5 Å². The number of amides is 3. The SMILES string of the molecule is O=C(NCC(=O)N1CCN(c2cccc(Cl)c2)CC1)C1=NN(Cc2ccc(F)cc2)C(=O)CC1. The summed E-state index contributed by atoms with van der Waals surface area (Å²) in [5, 5.41) is 8.68. The highest BCUT2D eigenvalue weighted by molar-refractivity contribution is 6.39. The van der Waals surface area contributed by atoms with E-state index in [2.05, 4.69) is 15.3 Å². The number of nitrogens with zero attached hydrogens (tertiary/aromatic N) is 4. The molecule has 0 aliphatic carbocycles. The van der Waals surface area contributed by atoms with Gasteiger partial charge in [0.2, 0.25) is 11.8 Å². The van der Waals surface area contributed by atoms with Gasteiger partial charge in [-0.2, -0.15) is 5.10 Å². The van der Waals surface area contributed by atoms with Crippen LogP contribution in [0.3, 0.4) is 0 Å². The van der Waals surface area contributed by atoms with Crippen LogP contribution in [0.4, 0.5) is 10.1 Å². The van der Waals surface area contributed by atoms with Crippen LogP contribution in [0.2, 0.25) is 5.02 Å². The van der Waals surface area contributed by atoms with E-state index in [1.165, 1.54) is 17.1 Å². The number of halogens is 2. The maximum atomic E-state index is 13.1. The normalized spacial score (nSPS) is 16.4. The molecule has 2 aromatic carbocycles. The number of hydrazone groups is 1. The Bertz CT molecular complexity index is 1100. The Kier molecular flexibility index (Phi) is 7.42. The minimum Gasteiger partial charge on any atom is -0.368 e. The Morgan fingerprint density at radius 2 is 1.76 bits per heavy atom. The summed E-state index contributed by atoms with van der Waals surface area (Å²) >= 11 is 6.06. The highest BCUT2D eigenvalue weighted by atomic mass is 35.5. The molecular weight excluding hydrogens is 461 g/mol. The predicted octanol–water partition coefficient (Wildman–Crippen LogP) is 2.42. The van der Waals surface area contributed by atoms with Crippen LogP contribution >= 0.6 is 11.6 Å². The molecule has 0 spiro atoms. The molecule has 1 fully saturated rings. The molecule has 178 valence electrons. The second-order valence-corrected chi connectivity index (χ2v) is 8.59. The van der Waals surface area contributed by atoms with Gasteiger partial charge in [-0.05, 0) is 35.9 Å². The van der Waals surface area contributed by atoms with Crippen molar-refractivity contribution in [1.29, 1.82) is 0 Å². The fourth-order valence-corrected chi connectivity index (χ4v) is 4.09. The van der Waals surface area contributed by atoms with Crippen molar-refractivity contribution in [3.63, 3.8) is 0 Å². The molecule has 1 N–H and O–H groups in total. The summed E-state index contributed by atoms with van der Waals surface area (Å²) < 4.78 is 13.1. The largest absolute Gasteiger partial charge is 0.368 e. The maximum Gasteiger partial charge on any atom is 0.267 e. The molecule has 0 saturated carbocycles. The number of piperazine rings is 1. The average molecular weight is 486 g/mol. The Balaban J connectivity index is 1.27. The zero-order valence-corrected chi connectivity index (χ0v) is 19.3. The van der Waals surface area contributed by atoms with Gasteiger partial charge in [0.15, 0.2) is 0 Å². The first-order valence-electron chi connectivity index (χ1n) is 11.1. The van der Waals surface area contributed by atoms with Gasteiger partial charge < -0.3 is 15.1 Å². The first-order chi connectivity index (χ1) is 16.4. The second kappa shape index (κ2) is 10.6. The summed E-state index contributed by atoms with van der Waals surface area (Å²) in [6, 6.07) is 13.3. The lowest BCUT2D eigenvalue weighted by Gasteiger charge is -2.36. The number of benzene rings is 2. The van der Waals surface area contributed by atoms with Gasteiger partial charge in [0, 0.05) is 49.7 Å². The smallest absolute Gasteiger partial charge is 0.267 e. The van der Waals surface area contributed by atoms with Crippen LogP contribution in [0.5, 0.6) is 0 Å². The third kappa shape index (κ3) is 5.91. The summed E-state index contributed by atoms with van der Waals surface area (Å²) in [7, 11) is 0. The van der Waals surface area contributed by atoms with Crippen molar-refractivity contribution in [3.8, 4) is 0 Å². The molecule has 2 heterocycles. The van der Waals surface area contributed by atoms with Crippen molar-refractivity contribution in [1.82, 2.24) is 15.2 Å². The molecule has 8 nitrogen and oxygen atoms in total. The summed E-state index contributed by atoms with van der Waals surface area (Å²) in [6.07, 6.45) is 0.351. The fraction of sp³-hybridized carbons (Fsp3) is 0.333. The van der Waals surface area contributed by atoms with E-state index in [4.69, 9.17) is 11.6 Å². The summed E-state index contributed by atoms with van der Waals surface area (Å²) in [5.41, 5.74) is 1.91. The molecule has 34 heavy (non-hydrogen) atoms. The van der Waals surface area contributed by atoms with E-state index in [-0.39, 0.29) is 49.3 Å². The number of carbonyl (C=O) groups is 3. The highest BCUT2D eigenvalue weighted by Gasteiger charge is 2.26. The van der Waals surface area contributed by atoms with Gasteiger partial charge in [-0.3, -0.25) is 14.4 Å². The van der Waals surface area contributed by atoms with Gasteiger partial charge >= 0.3 is 0 Å². The third-order valence-electron chi connectivity index (χ3n) is 5.82. The van der Waals surface area contributed by atoms with Crippen LogP contribution in [0, 0.1) is 5.82 Å². The maximum absolute atomic E-state index is 13.1. The molecular formula is C24H25ClFN5O3. The van der Waals surface area contributed by atoms with Crippen molar-refractivity contribution in [3.05, 3.63) is 64.9 Å². The van der Waals surface area contributed by atoms with Crippen LogP contribution in [-0.2, 0) is 20.9 Å².